The molecule has 0 saturated heterocycles. The first-order chi connectivity index (χ1) is 9.88. The SMILES string of the molecule is Cc1ccc(C(=O)C(C)Sc2nnc(N(C)C)s2)cc1C. The molecule has 2 aromatic rings. The lowest BCUT2D eigenvalue weighted by Crippen LogP contribution is -2.13. The van der Waals surface area contributed by atoms with Gasteiger partial charge >= 0.3 is 0 Å². The number of aryl methyl sites for hydroxylation is 2. The summed E-state index contributed by atoms with van der Waals surface area (Å²) in [5, 5.41) is 8.89. The summed E-state index contributed by atoms with van der Waals surface area (Å²) >= 11 is 2.97. The van der Waals surface area contributed by atoms with Gasteiger partial charge in [0, 0.05) is 19.7 Å². The highest BCUT2D eigenvalue weighted by molar-refractivity contribution is 8.02. The highest BCUT2D eigenvalue weighted by atomic mass is 32.2. The van der Waals surface area contributed by atoms with E-state index in [1.165, 1.54) is 28.7 Å². The third kappa shape index (κ3) is 3.83. The van der Waals surface area contributed by atoms with Crippen molar-refractivity contribution < 1.29 is 4.79 Å². The molecule has 21 heavy (non-hydrogen) atoms. The molecule has 6 heteroatoms. The maximum Gasteiger partial charge on any atom is 0.208 e. The van der Waals surface area contributed by atoms with Gasteiger partial charge in [-0.1, -0.05) is 35.2 Å². The Hall–Kier alpha value is -1.40. The Labute approximate surface area is 133 Å². The van der Waals surface area contributed by atoms with Crippen molar-refractivity contribution in [3.8, 4) is 0 Å². The van der Waals surface area contributed by atoms with Gasteiger partial charge in [0.15, 0.2) is 10.1 Å². The van der Waals surface area contributed by atoms with E-state index in [1.807, 2.05) is 58.0 Å². The first-order valence-corrected chi connectivity index (χ1v) is 8.37. The van der Waals surface area contributed by atoms with Gasteiger partial charge < -0.3 is 4.90 Å². The van der Waals surface area contributed by atoms with E-state index in [9.17, 15) is 4.79 Å². The second-order valence-corrected chi connectivity index (χ2v) is 7.71. The minimum Gasteiger partial charge on any atom is -0.353 e. The molecule has 0 bridgehead atoms. The van der Waals surface area contributed by atoms with E-state index in [0.29, 0.717) is 0 Å². The van der Waals surface area contributed by atoms with Gasteiger partial charge in [-0.25, -0.2) is 0 Å². The van der Waals surface area contributed by atoms with E-state index in [2.05, 4.69) is 10.2 Å². The number of hydrogen-bond acceptors (Lipinski definition) is 6. The van der Waals surface area contributed by atoms with Crippen LogP contribution in [-0.4, -0.2) is 35.3 Å². The molecule has 0 N–H and O–H groups in total. The zero-order valence-electron chi connectivity index (χ0n) is 12.9. The average Bonchev–Trinajstić information content (AvgIpc) is 2.89. The molecule has 1 unspecified atom stereocenters. The molecular formula is C15H19N3OS2. The molecule has 1 aromatic carbocycles. The molecular weight excluding hydrogens is 302 g/mol. The standard InChI is InChI=1S/C15H19N3OS2/c1-9-6-7-12(8-10(9)2)13(19)11(3)20-15-17-16-14(21-15)18(4)5/h6-8,11H,1-5H3. The Balaban J connectivity index is 2.09. The Bertz CT molecular complexity index is 652. The smallest absolute Gasteiger partial charge is 0.208 e. The molecule has 1 atom stereocenters. The van der Waals surface area contributed by atoms with Gasteiger partial charge in [0.2, 0.25) is 5.13 Å². The fraction of sp³-hybridized carbons (Fsp3) is 0.400. The Kier molecular flexibility index (Phi) is 5.00. The third-order valence-corrected chi connectivity index (χ3v) is 5.49. The third-order valence-electron chi connectivity index (χ3n) is 3.22. The first-order valence-electron chi connectivity index (χ1n) is 6.67. The van der Waals surface area contributed by atoms with E-state index in [-0.39, 0.29) is 11.0 Å². The van der Waals surface area contributed by atoms with Gasteiger partial charge in [-0.15, -0.1) is 10.2 Å². The molecule has 0 fully saturated rings. The van der Waals surface area contributed by atoms with Crippen LogP contribution in [0.1, 0.15) is 28.4 Å². The Morgan fingerprint density at radius 3 is 2.52 bits per heavy atom. The Morgan fingerprint density at radius 1 is 1.24 bits per heavy atom. The minimum absolute atomic E-state index is 0.129. The topological polar surface area (TPSA) is 46.1 Å². The van der Waals surface area contributed by atoms with Crippen molar-refractivity contribution in [3.63, 3.8) is 0 Å². The molecule has 0 amide bonds. The summed E-state index contributed by atoms with van der Waals surface area (Å²) in [5.74, 6) is 0.129. The molecule has 1 aromatic heterocycles. The lowest BCUT2D eigenvalue weighted by molar-refractivity contribution is 0.0994. The normalized spacial score (nSPS) is 12.2. The van der Waals surface area contributed by atoms with E-state index in [1.54, 1.807) is 0 Å². The van der Waals surface area contributed by atoms with Gasteiger partial charge in [0.05, 0.1) is 5.25 Å². The van der Waals surface area contributed by atoms with Crippen molar-refractivity contribution in [3.05, 3.63) is 34.9 Å². The van der Waals surface area contributed by atoms with Gasteiger partial charge in [-0.05, 0) is 38.0 Å². The van der Waals surface area contributed by atoms with Crippen molar-refractivity contribution in [2.75, 3.05) is 19.0 Å². The molecule has 4 nitrogen and oxygen atoms in total. The largest absolute Gasteiger partial charge is 0.353 e. The second-order valence-electron chi connectivity index (χ2n) is 5.17. The lowest BCUT2D eigenvalue weighted by atomic mass is 10.0. The van der Waals surface area contributed by atoms with Crippen LogP contribution in [-0.2, 0) is 0 Å². The van der Waals surface area contributed by atoms with E-state index < -0.39 is 0 Å². The van der Waals surface area contributed by atoms with Crippen molar-refractivity contribution in [2.45, 2.75) is 30.4 Å². The van der Waals surface area contributed by atoms with Crippen LogP contribution in [0, 0.1) is 13.8 Å². The fourth-order valence-electron chi connectivity index (χ4n) is 1.77. The van der Waals surface area contributed by atoms with Gasteiger partial charge in [-0.2, -0.15) is 0 Å². The molecule has 1 heterocycles. The highest BCUT2D eigenvalue weighted by Gasteiger charge is 2.19. The van der Waals surface area contributed by atoms with Crippen LogP contribution in [0.4, 0.5) is 5.13 Å². The van der Waals surface area contributed by atoms with Crippen molar-refractivity contribution in [1.29, 1.82) is 0 Å². The summed E-state index contributed by atoms with van der Waals surface area (Å²) in [5.41, 5.74) is 3.10. The van der Waals surface area contributed by atoms with Crippen LogP contribution in [0.5, 0.6) is 0 Å². The molecule has 112 valence electrons. The molecule has 0 aliphatic rings. The van der Waals surface area contributed by atoms with E-state index in [4.69, 9.17) is 0 Å². The number of rotatable bonds is 5. The van der Waals surface area contributed by atoms with Crippen LogP contribution >= 0.6 is 23.1 Å². The summed E-state index contributed by atoms with van der Waals surface area (Å²) in [7, 11) is 3.86. The number of ketones is 1. The van der Waals surface area contributed by atoms with Crippen LogP contribution < -0.4 is 4.90 Å². The number of anilines is 1. The predicted octanol–water partition coefficient (Wildman–Crippen LogP) is 3.58. The molecule has 0 spiro atoms. The fourth-order valence-corrected chi connectivity index (χ4v) is 3.75. The average molecular weight is 321 g/mol. The van der Waals surface area contributed by atoms with Crippen LogP contribution in [0.2, 0.25) is 0 Å². The molecule has 2 rings (SSSR count). The summed E-state index contributed by atoms with van der Waals surface area (Å²) < 4.78 is 0.823. The van der Waals surface area contributed by atoms with Crippen molar-refractivity contribution >= 4 is 34.0 Å². The lowest BCUT2D eigenvalue weighted by Gasteiger charge is -2.09. The number of aromatic nitrogens is 2. The van der Waals surface area contributed by atoms with E-state index >= 15 is 0 Å². The van der Waals surface area contributed by atoms with Gasteiger partial charge in [0.25, 0.3) is 0 Å². The number of nitrogens with zero attached hydrogens (tertiary/aromatic N) is 3. The maximum atomic E-state index is 12.5. The molecule has 0 aliphatic carbocycles. The number of benzene rings is 1. The molecule has 0 radical (unpaired) electrons. The number of Topliss-reactive ketones (excluding diaryl/α,β-unsaturated/α-hetero) is 1. The molecule has 0 saturated carbocycles. The number of carbonyl (C=O) groups excluding carboxylic acids is 1. The number of carbonyl (C=O) groups is 1. The van der Waals surface area contributed by atoms with Crippen LogP contribution in [0.15, 0.2) is 22.5 Å². The maximum absolute atomic E-state index is 12.5. The monoisotopic (exact) mass is 321 g/mol. The van der Waals surface area contributed by atoms with Crippen LogP contribution in [0.25, 0.3) is 0 Å². The summed E-state index contributed by atoms with van der Waals surface area (Å²) in [6.45, 7) is 5.99. The highest BCUT2D eigenvalue weighted by Crippen LogP contribution is 2.31. The minimum atomic E-state index is -0.171. The second kappa shape index (κ2) is 6.58. The zero-order chi connectivity index (χ0) is 15.6. The number of thioether (sulfide) groups is 1. The summed E-state index contributed by atoms with van der Waals surface area (Å²) in [6.07, 6.45) is 0. The first kappa shape index (κ1) is 16.0. The van der Waals surface area contributed by atoms with Crippen LogP contribution in [0.3, 0.4) is 0 Å². The van der Waals surface area contributed by atoms with Crippen molar-refractivity contribution in [2.24, 2.45) is 0 Å². The Morgan fingerprint density at radius 2 is 1.95 bits per heavy atom. The summed E-state index contributed by atoms with van der Waals surface area (Å²) in [6, 6.07) is 5.85. The summed E-state index contributed by atoms with van der Waals surface area (Å²) in [4.78, 5) is 14.4. The predicted molar refractivity (Wildman–Crippen MR) is 89.8 cm³/mol. The van der Waals surface area contributed by atoms with E-state index in [0.717, 1.165) is 20.6 Å². The molecule has 0 aliphatic heterocycles. The zero-order valence-corrected chi connectivity index (χ0v) is 14.5. The van der Waals surface area contributed by atoms with Gasteiger partial charge in [0.1, 0.15) is 0 Å². The van der Waals surface area contributed by atoms with Gasteiger partial charge in [-0.3, -0.25) is 4.79 Å². The van der Waals surface area contributed by atoms with Crippen molar-refractivity contribution in [1.82, 2.24) is 10.2 Å². The number of hydrogen-bond donors (Lipinski definition) is 0. The quantitative estimate of drug-likeness (QED) is 0.622.